The van der Waals surface area contributed by atoms with Crippen molar-refractivity contribution in [1.82, 2.24) is 9.88 Å². The van der Waals surface area contributed by atoms with Gasteiger partial charge in [0.15, 0.2) is 6.61 Å². The van der Waals surface area contributed by atoms with Crippen LogP contribution in [-0.4, -0.2) is 36.1 Å². The highest BCUT2D eigenvalue weighted by Crippen LogP contribution is 2.33. The van der Waals surface area contributed by atoms with E-state index < -0.39 is 0 Å². The summed E-state index contributed by atoms with van der Waals surface area (Å²) < 4.78 is 16.8. The number of hydrogen-bond acceptors (Lipinski definition) is 5. The van der Waals surface area contributed by atoms with Gasteiger partial charge in [-0.15, -0.1) is 0 Å². The maximum absolute atomic E-state index is 12.9. The van der Waals surface area contributed by atoms with Crippen LogP contribution in [0, 0.1) is 0 Å². The Morgan fingerprint density at radius 2 is 1.87 bits per heavy atom. The first-order valence-corrected chi connectivity index (χ1v) is 9.98. The number of methoxy groups -OCH3 is 1. The number of pyridine rings is 1. The molecule has 2 heterocycles. The van der Waals surface area contributed by atoms with Crippen LogP contribution in [0.5, 0.6) is 23.1 Å². The molecule has 0 bridgehead atoms. The van der Waals surface area contributed by atoms with Gasteiger partial charge in [-0.2, -0.15) is 0 Å². The van der Waals surface area contributed by atoms with Crippen molar-refractivity contribution < 1.29 is 19.0 Å². The van der Waals surface area contributed by atoms with Gasteiger partial charge in [0.25, 0.3) is 5.91 Å². The van der Waals surface area contributed by atoms with E-state index in [-0.39, 0.29) is 18.6 Å². The molecule has 0 N–H and O–H groups in total. The molecule has 154 valence electrons. The Labute approximate surface area is 176 Å². The van der Waals surface area contributed by atoms with Gasteiger partial charge in [-0.3, -0.25) is 4.79 Å². The predicted octanol–water partition coefficient (Wildman–Crippen LogP) is 4.63. The van der Waals surface area contributed by atoms with Crippen molar-refractivity contribution in [2.45, 2.75) is 18.9 Å². The van der Waals surface area contributed by atoms with Crippen LogP contribution in [0.25, 0.3) is 0 Å². The molecule has 1 fully saturated rings. The van der Waals surface area contributed by atoms with E-state index in [1.807, 2.05) is 59.5 Å². The Balaban J connectivity index is 1.38. The van der Waals surface area contributed by atoms with Gasteiger partial charge in [-0.25, -0.2) is 4.98 Å². The van der Waals surface area contributed by atoms with Crippen molar-refractivity contribution in [3.8, 4) is 23.1 Å². The maximum Gasteiger partial charge on any atom is 0.261 e. The highest BCUT2D eigenvalue weighted by molar-refractivity contribution is 5.78. The van der Waals surface area contributed by atoms with Crippen molar-refractivity contribution in [2.75, 3.05) is 20.3 Å². The summed E-state index contributed by atoms with van der Waals surface area (Å²) in [5, 5.41) is 0. The second-order valence-corrected chi connectivity index (χ2v) is 7.06. The van der Waals surface area contributed by atoms with E-state index >= 15 is 0 Å². The van der Waals surface area contributed by atoms with E-state index in [9.17, 15) is 4.79 Å². The Bertz CT molecular complexity index is 993. The van der Waals surface area contributed by atoms with Crippen molar-refractivity contribution in [3.63, 3.8) is 0 Å². The first-order valence-electron chi connectivity index (χ1n) is 9.98. The molecule has 4 rings (SSSR count). The first-order chi connectivity index (χ1) is 14.7. The largest absolute Gasteiger partial charge is 0.497 e. The van der Waals surface area contributed by atoms with Gasteiger partial charge in [-0.1, -0.05) is 24.3 Å². The molecule has 6 nitrogen and oxygen atoms in total. The number of carbonyl (C=O) groups is 1. The second-order valence-electron chi connectivity index (χ2n) is 7.06. The highest BCUT2D eigenvalue weighted by Gasteiger charge is 2.30. The topological polar surface area (TPSA) is 60.9 Å². The molecule has 0 saturated carbocycles. The summed E-state index contributed by atoms with van der Waals surface area (Å²) in [5.74, 6) is 2.45. The zero-order chi connectivity index (χ0) is 20.8. The molecule has 2 aromatic carbocycles. The molecule has 0 radical (unpaired) electrons. The molecule has 30 heavy (non-hydrogen) atoms. The molecule has 3 aromatic rings. The molecule has 1 atom stereocenters. The summed E-state index contributed by atoms with van der Waals surface area (Å²) in [6.45, 7) is 0.709. The predicted molar refractivity (Wildman–Crippen MR) is 113 cm³/mol. The van der Waals surface area contributed by atoms with Crippen LogP contribution < -0.4 is 14.2 Å². The zero-order valence-electron chi connectivity index (χ0n) is 16.9. The van der Waals surface area contributed by atoms with E-state index in [2.05, 4.69) is 4.98 Å². The fraction of sp³-hybridized carbons (Fsp3) is 0.250. The van der Waals surface area contributed by atoms with E-state index in [0.717, 1.165) is 30.7 Å². The number of benzene rings is 2. The van der Waals surface area contributed by atoms with Crippen LogP contribution in [0.1, 0.15) is 24.4 Å². The minimum Gasteiger partial charge on any atom is -0.497 e. The summed E-state index contributed by atoms with van der Waals surface area (Å²) in [6.07, 6.45) is 3.58. The molecule has 0 spiro atoms. The number of ether oxygens (including phenoxy) is 3. The van der Waals surface area contributed by atoms with Crippen LogP contribution in [0.4, 0.5) is 0 Å². The van der Waals surface area contributed by atoms with Gasteiger partial charge in [-0.05, 0) is 48.7 Å². The van der Waals surface area contributed by atoms with Crippen LogP contribution in [-0.2, 0) is 4.79 Å². The molecule has 1 aliphatic rings. The number of hydrogen-bond donors (Lipinski definition) is 0. The minimum absolute atomic E-state index is 0.0203. The lowest BCUT2D eigenvalue weighted by Crippen LogP contribution is -2.34. The average Bonchev–Trinajstić information content (AvgIpc) is 3.29. The maximum atomic E-state index is 12.9. The lowest BCUT2D eigenvalue weighted by molar-refractivity contribution is -0.134. The molecule has 1 amide bonds. The molecule has 1 saturated heterocycles. The van der Waals surface area contributed by atoms with E-state index in [4.69, 9.17) is 14.2 Å². The van der Waals surface area contributed by atoms with E-state index in [1.54, 1.807) is 25.4 Å². The lowest BCUT2D eigenvalue weighted by atomic mass is 10.0. The molecule has 0 unspecified atom stereocenters. The third-order valence-electron chi connectivity index (χ3n) is 5.08. The standard InChI is InChI=1S/C24H24N2O4/c1-28-19-8-4-7-18(15-19)22-11-6-14-26(22)24(27)17-29-20-9-5-10-21(16-20)30-23-12-2-3-13-25-23/h2-5,7-10,12-13,15-16,22H,6,11,14,17H2,1H3/t22-/m1/s1. The Morgan fingerprint density at radius 1 is 1.03 bits per heavy atom. The van der Waals surface area contributed by atoms with Crippen LogP contribution in [0.15, 0.2) is 72.9 Å². The number of rotatable bonds is 7. The van der Waals surface area contributed by atoms with Crippen LogP contribution >= 0.6 is 0 Å². The SMILES string of the molecule is COc1cccc([C@H]2CCCN2C(=O)COc2cccc(Oc3ccccn3)c2)c1. The van der Waals surface area contributed by atoms with Crippen molar-refractivity contribution in [3.05, 3.63) is 78.5 Å². The van der Waals surface area contributed by atoms with Gasteiger partial charge in [0.1, 0.15) is 17.2 Å². The van der Waals surface area contributed by atoms with Crippen molar-refractivity contribution in [2.24, 2.45) is 0 Å². The lowest BCUT2D eigenvalue weighted by Gasteiger charge is -2.25. The fourth-order valence-electron chi connectivity index (χ4n) is 3.64. The van der Waals surface area contributed by atoms with E-state index in [1.165, 1.54) is 0 Å². The summed E-state index contributed by atoms with van der Waals surface area (Å²) in [7, 11) is 1.65. The van der Waals surface area contributed by atoms with Crippen molar-refractivity contribution in [1.29, 1.82) is 0 Å². The Morgan fingerprint density at radius 3 is 2.70 bits per heavy atom. The van der Waals surface area contributed by atoms with Crippen molar-refractivity contribution >= 4 is 5.91 Å². The Hall–Kier alpha value is -3.54. The second kappa shape index (κ2) is 9.31. The quantitative estimate of drug-likeness (QED) is 0.575. The molecule has 0 aliphatic carbocycles. The summed E-state index contributed by atoms with van der Waals surface area (Å²) in [5.41, 5.74) is 1.09. The number of carbonyl (C=O) groups excluding carboxylic acids is 1. The van der Waals surface area contributed by atoms with Gasteiger partial charge in [0.2, 0.25) is 5.88 Å². The van der Waals surface area contributed by atoms with Gasteiger partial charge in [0.05, 0.1) is 13.2 Å². The Kier molecular flexibility index (Phi) is 6.13. The minimum atomic E-state index is -0.0311. The number of nitrogens with zero attached hydrogens (tertiary/aromatic N) is 2. The first kappa shape index (κ1) is 19.8. The average molecular weight is 404 g/mol. The molecular weight excluding hydrogens is 380 g/mol. The van der Waals surface area contributed by atoms with E-state index in [0.29, 0.717) is 17.4 Å². The smallest absolute Gasteiger partial charge is 0.261 e. The number of aromatic nitrogens is 1. The third kappa shape index (κ3) is 4.71. The summed E-state index contributed by atoms with van der Waals surface area (Å²) >= 11 is 0. The third-order valence-corrected chi connectivity index (χ3v) is 5.08. The molecule has 6 heteroatoms. The molecule has 1 aliphatic heterocycles. The zero-order valence-corrected chi connectivity index (χ0v) is 16.9. The molecule has 1 aromatic heterocycles. The number of likely N-dealkylation sites (tertiary alicyclic amines) is 1. The van der Waals surface area contributed by atoms with Gasteiger partial charge < -0.3 is 19.1 Å². The fourth-order valence-corrected chi connectivity index (χ4v) is 3.64. The monoisotopic (exact) mass is 404 g/mol. The van der Waals surface area contributed by atoms with Gasteiger partial charge >= 0.3 is 0 Å². The summed E-state index contributed by atoms with van der Waals surface area (Å²) in [4.78, 5) is 18.9. The van der Waals surface area contributed by atoms with Gasteiger partial charge in [0, 0.05) is 24.9 Å². The number of amides is 1. The normalized spacial score (nSPS) is 15.6. The van der Waals surface area contributed by atoms with Crippen LogP contribution in [0.2, 0.25) is 0 Å². The highest BCUT2D eigenvalue weighted by atomic mass is 16.5. The van der Waals surface area contributed by atoms with Crippen LogP contribution in [0.3, 0.4) is 0 Å². The molecular formula is C24H24N2O4. The summed E-state index contributed by atoms with van der Waals surface area (Å²) in [6, 6.07) is 20.6.